The summed E-state index contributed by atoms with van der Waals surface area (Å²) in [7, 11) is 0. The standard InChI is InChI=1S/C14H25N5O/c1-4-19(5-2)8-6-7-16-14(20)12-10-17-11(3)9-13(12)18-15/h9-10H,4-8,15H2,1-3H3,(H,16,20)(H,17,18). The quantitative estimate of drug-likeness (QED) is 0.377. The molecule has 0 bridgehead atoms. The van der Waals surface area contributed by atoms with Crippen LogP contribution in [-0.2, 0) is 0 Å². The number of aryl methyl sites for hydroxylation is 1. The third-order valence-corrected chi connectivity index (χ3v) is 3.27. The zero-order chi connectivity index (χ0) is 15.0. The SMILES string of the molecule is CCN(CC)CCCNC(=O)c1cnc(C)cc1NN. The van der Waals surface area contributed by atoms with Gasteiger partial charge < -0.3 is 15.6 Å². The Morgan fingerprint density at radius 2 is 2.10 bits per heavy atom. The number of pyridine rings is 1. The molecule has 1 aromatic rings. The van der Waals surface area contributed by atoms with E-state index in [0.717, 1.165) is 31.7 Å². The molecule has 20 heavy (non-hydrogen) atoms. The summed E-state index contributed by atoms with van der Waals surface area (Å²) in [6.45, 7) is 9.83. The van der Waals surface area contributed by atoms with Crippen molar-refractivity contribution in [2.24, 2.45) is 5.84 Å². The lowest BCUT2D eigenvalue weighted by atomic mass is 10.2. The van der Waals surface area contributed by atoms with Gasteiger partial charge in [0, 0.05) is 18.4 Å². The van der Waals surface area contributed by atoms with Crippen LogP contribution in [-0.4, -0.2) is 42.0 Å². The van der Waals surface area contributed by atoms with E-state index in [9.17, 15) is 4.79 Å². The van der Waals surface area contributed by atoms with E-state index < -0.39 is 0 Å². The summed E-state index contributed by atoms with van der Waals surface area (Å²) in [5.74, 6) is 5.28. The Labute approximate surface area is 120 Å². The molecule has 0 aromatic carbocycles. The van der Waals surface area contributed by atoms with Crippen LogP contribution in [0.4, 0.5) is 5.69 Å². The number of rotatable bonds is 8. The van der Waals surface area contributed by atoms with Gasteiger partial charge in [-0.1, -0.05) is 13.8 Å². The van der Waals surface area contributed by atoms with E-state index in [2.05, 4.69) is 34.5 Å². The average molecular weight is 279 g/mol. The fourth-order valence-electron chi connectivity index (χ4n) is 2.00. The molecule has 6 nitrogen and oxygen atoms in total. The Bertz CT molecular complexity index is 432. The normalized spacial score (nSPS) is 10.7. The number of carbonyl (C=O) groups excluding carboxylic acids is 1. The predicted octanol–water partition coefficient (Wildman–Crippen LogP) is 1.14. The van der Waals surface area contributed by atoms with Crippen molar-refractivity contribution in [1.82, 2.24) is 15.2 Å². The minimum atomic E-state index is -0.148. The molecule has 6 heteroatoms. The number of hydrogen-bond donors (Lipinski definition) is 3. The first kappa shape index (κ1) is 16.4. The number of hydrogen-bond acceptors (Lipinski definition) is 5. The van der Waals surface area contributed by atoms with Gasteiger partial charge in [0.25, 0.3) is 5.91 Å². The van der Waals surface area contributed by atoms with Gasteiger partial charge in [0.05, 0.1) is 11.3 Å². The maximum absolute atomic E-state index is 12.1. The first-order chi connectivity index (χ1) is 9.62. The van der Waals surface area contributed by atoms with E-state index in [0.29, 0.717) is 17.8 Å². The highest BCUT2D eigenvalue weighted by Crippen LogP contribution is 2.13. The van der Waals surface area contributed by atoms with Gasteiger partial charge in [-0.15, -0.1) is 0 Å². The molecule has 0 unspecified atom stereocenters. The van der Waals surface area contributed by atoms with E-state index in [1.807, 2.05) is 6.92 Å². The highest BCUT2D eigenvalue weighted by atomic mass is 16.1. The fourth-order valence-corrected chi connectivity index (χ4v) is 2.00. The maximum Gasteiger partial charge on any atom is 0.255 e. The van der Waals surface area contributed by atoms with Gasteiger partial charge in [0.1, 0.15) is 0 Å². The second-order valence-corrected chi connectivity index (χ2v) is 4.65. The summed E-state index contributed by atoms with van der Waals surface area (Å²) in [6, 6.07) is 1.75. The second-order valence-electron chi connectivity index (χ2n) is 4.65. The van der Waals surface area contributed by atoms with Crippen molar-refractivity contribution in [2.45, 2.75) is 27.2 Å². The van der Waals surface area contributed by atoms with Crippen molar-refractivity contribution in [3.05, 3.63) is 23.5 Å². The summed E-state index contributed by atoms with van der Waals surface area (Å²) in [6.07, 6.45) is 2.47. The average Bonchev–Trinajstić information content (AvgIpc) is 2.47. The summed E-state index contributed by atoms with van der Waals surface area (Å²) >= 11 is 0. The number of carbonyl (C=O) groups is 1. The Morgan fingerprint density at radius 1 is 1.40 bits per heavy atom. The lowest BCUT2D eigenvalue weighted by Crippen LogP contribution is -2.30. The molecule has 0 aliphatic heterocycles. The van der Waals surface area contributed by atoms with Crippen LogP contribution < -0.4 is 16.6 Å². The van der Waals surface area contributed by atoms with Crippen LogP contribution in [0.2, 0.25) is 0 Å². The first-order valence-electron chi connectivity index (χ1n) is 7.06. The van der Waals surface area contributed by atoms with E-state index in [4.69, 9.17) is 5.84 Å². The van der Waals surface area contributed by atoms with Crippen molar-refractivity contribution in [3.8, 4) is 0 Å². The van der Waals surface area contributed by atoms with Crippen LogP contribution in [0.1, 0.15) is 36.3 Å². The van der Waals surface area contributed by atoms with E-state index in [1.54, 1.807) is 12.3 Å². The molecule has 1 aromatic heterocycles. The second kappa shape index (κ2) is 8.50. The van der Waals surface area contributed by atoms with E-state index in [-0.39, 0.29) is 5.91 Å². The summed E-state index contributed by atoms with van der Waals surface area (Å²) in [5.41, 5.74) is 4.42. The van der Waals surface area contributed by atoms with Gasteiger partial charge >= 0.3 is 0 Å². The summed E-state index contributed by atoms with van der Waals surface area (Å²) in [5, 5.41) is 2.90. The van der Waals surface area contributed by atoms with Crippen LogP contribution >= 0.6 is 0 Å². The van der Waals surface area contributed by atoms with Crippen LogP contribution in [0, 0.1) is 6.92 Å². The lowest BCUT2D eigenvalue weighted by molar-refractivity contribution is 0.0952. The number of nitrogens with two attached hydrogens (primary N) is 1. The molecule has 0 saturated heterocycles. The third kappa shape index (κ3) is 4.79. The molecular weight excluding hydrogens is 254 g/mol. The van der Waals surface area contributed by atoms with Gasteiger partial charge in [-0.3, -0.25) is 15.6 Å². The zero-order valence-electron chi connectivity index (χ0n) is 12.6. The molecule has 0 aliphatic rings. The van der Waals surface area contributed by atoms with Gasteiger partial charge in [-0.05, 0) is 39.0 Å². The van der Waals surface area contributed by atoms with Crippen LogP contribution in [0.15, 0.2) is 12.3 Å². The van der Waals surface area contributed by atoms with E-state index >= 15 is 0 Å². The molecule has 0 saturated carbocycles. The summed E-state index contributed by atoms with van der Waals surface area (Å²) < 4.78 is 0. The molecular formula is C14H25N5O. The van der Waals surface area contributed by atoms with Gasteiger partial charge in [0.2, 0.25) is 0 Å². The number of nitrogens with one attached hydrogen (secondary N) is 2. The number of amides is 1. The number of nitrogen functional groups attached to an aromatic ring is 1. The molecule has 0 aliphatic carbocycles. The molecule has 4 N–H and O–H groups in total. The topological polar surface area (TPSA) is 83.3 Å². The molecule has 0 atom stereocenters. The Morgan fingerprint density at radius 3 is 2.70 bits per heavy atom. The summed E-state index contributed by atoms with van der Waals surface area (Å²) in [4.78, 5) is 18.5. The molecule has 0 fully saturated rings. The Hall–Kier alpha value is -1.66. The van der Waals surface area contributed by atoms with Crippen molar-refractivity contribution < 1.29 is 4.79 Å². The monoisotopic (exact) mass is 279 g/mol. The third-order valence-electron chi connectivity index (χ3n) is 3.27. The van der Waals surface area contributed by atoms with E-state index in [1.165, 1.54) is 0 Å². The van der Waals surface area contributed by atoms with Crippen LogP contribution in [0.5, 0.6) is 0 Å². The minimum absolute atomic E-state index is 0.148. The first-order valence-corrected chi connectivity index (χ1v) is 7.06. The maximum atomic E-state index is 12.1. The zero-order valence-corrected chi connectivity index (χ0v) is 12.6. The Balaban J connectivity index is 2.47. The lowest BCUT2D eigenvalue weighted by Gasteiger charge is -2.17. The van der Waals surface area contributed by atoms with Crippen molar-refractivity contribution in [1.29, 1.82) is 0 Å². The van der Waals surface area contributed by atoms with Crippen LogP contribution in [0.25, 0.3) is 0 Å². The predicted molar refractivity (Wildman–Crippen MR) is 81.5 cm³/mol. The fraction of sp³-hybridized carbons (Fsp3) is 0.571. The van der Waals surface area contributed by atoms with Crippen molar-refractivity contribution >= 4 is 11.6 Å². The van der Waals surface area contributed by atoms with Gasteiger partial charge in [0.15, 0.2) is 0 Å². The Kier molecular flexibility index (Phi) is 6.97. The molecule has 1 rings (SSSR count). The van der Waals surface area contributed by atoms with Gasteiger partial charge in [-0.25, -0.2) is 0 Å². The highest BCUT2D eigenvalue weighted by molar-refractivity contribution is 5.99. The largest absolute Gasteiger partial charge is 0.352 e. The minimum Gasteiger partial charge on any atom is -0.352 e. The van der Waals surface area contributed by atoms with Crippen molar-refractivity contribution in [3.63, 3.8) is 0 Å². The van der Waals surface area contributed by atoms with Crippen LogP contribution in [0.3, 0.4) is 0 Å². The molecule has 1 heterocycles. The smallest absolute Gasteiger partial charge is 0.255 e. The highest BCUT2D eigenvalue weighted by Gasteiger charge is 2.11. The molecule has 1 amide bonds. The number of hydrazine groups is 1. The van der Waals surface area contributed by atoms with Crippen molar-refractivity contribution in [2.75, 3.05) is 31.6 Å². The molecule has 0 radical (unpaired) electrons. The molecule has 0 spiro atoms. The molecule has 112 valence electrons. The number of aromatic nitrogens is 1. The van der Waals surface area contributed by atoms with Gasteiger partial charge in [-0.2, -0.15) is 0 Å². The number of anilines is 1. The number of nitrogens with zero attached hydrogens (tertiary/aromatic N) is 2.